The van der Waals surface area contributed by atoms with Gasteiger partial charge in [0, 0.05) is 17.3 Å². The van der Waals surface area contributed by atoms with Gasteiger partial charge in [0.15, 0.2) is 11.8 Å². The Bertz CT molecular complexity index is 842. The lowest BCUT2D eigenvalue weighted by Crippen LogP contribution is -2.41. The average molecular weight is 409 g/mol. The Morgan fingerprint density at radius 1 is 1.27 bits per heavy atom. The molecule has 1 saturated heterocycles. The van der Waals surface area contributed by atoms with E-state index in [1.807, 2.05) is 31.2 Å². The molecular weight excluding hydrogens is 391 g/mol. The molecule has 0 aromatic heterocycles. The standard InChI is InChI=1S/C19H18Cl2N2O2S/c1-13-5-2-3-6-16(13)22-19-23(9-4-10-26-19)18(24)12-25-17-8-7-14(20)11-15(17)21/h2-3,5-8,11H,4,9-10,12H2,1H3. The third-order valence-corrected chi connectivity index (χ3v) is 5.46. The van der Waals surface area contributed by atoms with Crippen molar-refractivity contribution >= 4 is 51.7 Å². The minimum Gasteiger partial charge on any atom is -0.482 e. The first kappa shape index (κ1) is 19.1. The third kappa shape index (κ3) is 4.72. The SMILES string of the molecule is Cc1ccccc1N=C1SCCCN1C(=O)COc1ccc(Cl)cc1Cl. The first-order chi connectivity index (χ1) is 12.5. The van der Waals surface area contributed by atoms with E-state index in [0.29, 0.717) is 27.5 Å². The Balaban J connectivity index is 1.73. The minimum atomic E-state index is -0.143. The molecule has 0 aliphatic carbocycles. The van der Waals surface area contributed by atoms with Crippen LogP contribution in [-0.2, 0) is 4.79 Å². The zero-order chi connectivity index (χ0) is 18.5. The van der Waals surface area contributed by atoms with Gasteiger partial charge < -0.3 is 4.74 Å². The largest absolute Gasteiger partial charge is 0.482 e. The number of ether oxygens (including phenoxy) is 1. The van der Waals surface area contributed by atoms with Gasteiger partial charge in [-0.2, -0.15) is 0 Å². The molecule has 1 amide bonds. The minimum absolute atomic E-state index is 0.102. The number of hydrogen-bond donors (Lipinski definition) is 0. The van der Waals surface area contributed by atoms with E-state index in [1.165, 1.54) is 0 Å². The molecule has 0 radical (unpaired) electrons. The molecule has 1 aliphatic heterocycles. The number of carbonyl (C=O) groups is 1. The smallest absolute Gasteiger partial charge is 0.266 e. The molecule has 1 fully saturated rings. The van der Waals surface area contributed by atoms with E-state index in [4.69, 9.17) is 27.9 Å². The van der Waals surface area contributed by atoms with Gasteiger partial charge in [0.25, 0.3) is 5.91 Å². The molecule has 1 heterocycles. The summed E-state index contributed by atoms with van der Waals surface area (Å²) >= 11 is 13.6. The number of amidine groups is 1. The lowest BCUT2D eigenvalue weighted by Gasteiger charge is -2.28. The number of hydrogen-bond acceptors (Lipinski definition) is 4. The molecule has 0 N–H and O–H groups in total. The van der Waals surface area contributed by atoms with E-state index in [-0.39, 0.29) is 12.5 Å². The van der Waals surface area contributed by atoms with Crippen molar-refractivity contribution < 1.29 is 9.53 Å². The topological polar surface area (TPSA) is 41.9 Å². The lowest BCUT2D eigenvalue weighted by atomic mass is 10.2. The second kappa shape index (κ2) is 8.80. The number of nitrogens with zero attached hydrogens (tertiary/aromatic N) is 2. The van der Waals surface area contributed by atoms with Crippen LogP contribution in [0.4, 0.5) is 5.69 Å². The van der Waals surface area contributed by atoms with Crippen LogP contribution in [0.25, 0.3) is 0 Å². The Morgan fingerprint density at radius 2 is 2.08 bits per heavy atom. The normalized spacial score (nSPS) is 16.0. The zero-order valence-corrected chi connectivity index (χ0v) is 16.6. The van der Waals surface area contributed by atoms with E-state index in [1.54, 1.807) is 34.9 Å². The van der Waals surface area contributed by atoms with Crippen molar-refractivity contribution in [3.8, 4) is 5.75 Å². The fraction of sp³-hybridized carbons (Fsp3) is 0.263. The van der Waals surface area contributed by atoms with Gasteiger partial charge in [0.05, 0.1) is 10.7 Å². The van der Waals surface area contributed by atoms with Crippen LogP contribution in [0.15, 0.2) is 47.5 Å². The fourth-order valence-electron chi connectivity index (χ4n) is 2.49. The summed E-state index contributed by atoms with van der Waals surface area (Å²) < 4.78 is 5.58. The van der Waals surface area contributed by atoms with Crippen LogP contribution in [0.2, 0.25) is 10.0 Å². The van der Waals surface area contributed by atoms with Gasteiger partial charge >= 0.3 is 0 Å². The molecule has 1 aliphatic rings. The van der Waals surface area contributed by atoms with Gasteiger partial charge in [-0.3, -0.25) is 9.69 Å². The van der Waals surface area contributed by atoms with Gasteiger partial charge in [0.1, 0.15) is 5.75 Å². The Kier molecular flexibility index (Phi) is 6.46. The average Bonchev–Trinajstić information content (AvgIpc) is 2.63. The predicted molar refractivity (Wildman–Crippen MR) is 109 cm³/mol. The number of para-hydroxylation sites is 1. The van der Waals surface area contributed by atoms with Crippen LogP contribution in [0.1, 0.15) is 12.0 Å². The van der Waals surface area contributed by atoms with Crippen molar-refractivity contribution in [2.24, 2.45) is 4.99 Å². The van der Waals surface area contributed by atoms with E-state index in [2.05, 4.69) is 4.99 Å². The summed E-state index contributed by atoms with van der Waals surface area (Å²) in [6, 6.07) is 12.8. The highest BCUT2D eigenvalue weighted by Gasteiger charge is 2.24. The maximum atomic E-state index is 12.7. The number of benzene rings is 2. The molecule has 0 unspecified atom stereocenters. The number of thioether (sulfide) groups is 1. The summed E-state index contributed by atoms with van der Waals surface area (Å²) in [5, 5.41) is 1.61. The molecule has 0 bridgehead atoms. The van der Waals surface area contributed by atoms with Gasteiger partial charge in [0.2, 0.25) is 0 Å². The van der Waals surface area contributed by atoms with Crippen LogP contribution in [0.5, 0.6) is 5.75 Å². The summed E-state index contributed by atoms with van der Waals surface area (Å²) in [6.07, 6.45) is 0.922. The van der Waals surface area contributed by atoms with Gasteiger partial charge in [-0.1, -0.05) is 53.2 Å². The maximum absolute atomic E-state index is 12.7. The summed E-state index contributed by atoms with van der Waals surface area (Å²) in [4.78, 5) is 19.0. The molecule has 3 rings (SSSR count). The summed E-state index contributed by atoms with van der Waals surface area (Å²) in [5.74, 6) is 1.24. The van der Waals surface area contributed by atoms with Crippen molar-refractivity contribution in [1.82, 2.24) is 4.90 Å². The molecule has 2 aromatic rings. The Hall–Kier alpha value is -1.69. The second-order valence-corrected chi connectivity index (χ2v) is 7.70. The highest BCUT2D eigenvalue weighted by atomic mass is 35.5. The molecule has 2 aromatic carbocycles. The molecule has 0 saturated carbocycles. The quantitative estimate of drug-likeness (QED) is 0.685. The highest BCUT2D eigenvalue weighted by molar-refractivity contribution is 8.13. The molecular formula is C19H18Cl2N2O2S. The van der Waals surface area contributed by atoms with E-state index in [9.17, 15) is 4.79 Å². The number of carbonyl (C=O) groups excluding carboxylic acids is 1. The van der Waals surface area contributed by atoms with Crippen LogP contribution in [-0.4, -0.2) is 34.9 Å². The van der Waals surface area contributed by atoms with Crippen molar-refractivity contribution in [1.29, 1.82) is 0 Å². The zero-order valence-electron chi connectivity index (χ0n) is 14.2. The number of aryl methyl sites for hydroxylation is 1. The summed E-state index contributed by atoms with van der Waals surface area (Å²) in [7, 11) is 0. The molecule has 0 spiro atoms. The van der Waals surface area contributed by atoms with Crippen LogP contribution in [0.3, 0.4) is 0 Å². The number of halogens is 2. The van der Waals surface area contributed by atoms with Gasteiger partial charge in [-0.15, -0.1) is 0 Å². The van der Waals surface area contributed by atoms with Crippen LogP contribution >= 0.6 is 35.0 Å². The fourth-order valence-corrected chi connectivity index (χ4v) is 3.92. The first-order valence-electron chi connectivity index (χ1n) is 8.20. The summed E-state index contributed by atoms with van der Waals surface area (Å²) in [5.41, 5.74) is 1.94. The maximum Gasteiger partial charge on any atom is 0.266 e. The van der Waals surface area contributed by atoms with Crippen molar-refractivity contribution in [3.63, 3.8) is 0 Å². The van der Waals surface area contributed by atoms with Crippen molar-refractivity contribution in [3.05, 3.63) is 58.1 Å². The second-order valence-electron chi connectivity index (χ2n) is 5.79. The number of aliphatic imine (C=N–C) groups is 1. The molecule has 4 nitrogen and oxygen atoms in total. The van der Waals surface area contributed by atoms with Crippen molar-refractivity contribution in [2.45, 2.75) is 13.3 Å². The molecule has 136 valence electrons. The highest BCUT2D eigenvalue weighted by Crippen LogP contribution is 2.28. The summed E-state index contributed by atoms with van der Waals surface area (Å²) in [6.45, 7) is 2.54. The van der Waals surface area contributed by atoms with Crippen molar-refractivity contribution in [2.75, 3.05) is 18.9 Å². The van der Waals surface area contributed by atoms with Gasteiger partial charge in [-0.05, 0) is 43.2 Å². The monoisotopic (exact) mass is 408 g/mol. The Labute approximate surface area is 167 Å². The Morgan fingerprint density at radius 3 is 2.85 bits per heavy atom. The van der Waals surface area contributed by atoms with Gasteiger partial charge in [-0.25, -0.2) is 4.99 Å². The lowest BCUT2D eigenvalue weighted by molar-refractivity contribution is -0.129. The third-order valence-electron chi connectivity index (χ3n) is 3.87. The van der Waals surface area contributed by atoms with E-state index in [0.717, 1.165) is 23.4 Å². The molecule has 0 atom stereocenters. The molecule has 26 heavy (non-hydrogen) atoms. The number of rotatable bonds is 4. The van der Waals surface area contributed by atoms with Crippen LogP contribution < -0.4 is 4.74 Å². The first-order valence-corrected chi connectivity index (χ1v) is 9.94. The van der Waals surface area contributed by atoms with Crippen LogP contribution in [0, 0.1) is 6.92 Å². The van der Waals surface area contributed by atoms with E-state index < -0.39 is 0 Å². The number of amides is 1. The molecule has 7 heteroatoms. The van der Waals surface area contributed by atoms with E-state index >= 15 is 0 Å². The predicted octanol–water partition coefficient (Wildman–Crippen LogP) is 5.33.